The highest BCUT2D eigenvalue weighted by molar-refractivity contribution is 5.93. The summed E-state index contributed by atoms with van der Waals surface area (Å²) in [6.07, 6.45) is 6.22. The minimum atomic E-state index is -0.656. The van der Waals surface area contributed by atoms with E-state index in [1.807, 2.05) is 43.1 Å². The summed E-state index contributed by atoms with van der Waals surface area (Å²) in [5, 5.41) is 0.258. The number of pyridine rings is 1. The lowest BCUT2D eigenvalue weighted by atomic mass is 10.1. The first-order valence-corrected chi connectivity index (χ1v) is 12.2. The summed E-state index contributed by atoms with van der Waals surface area (Å²) < 4.78 is 6.96. The molecule has 2 aromatic heterocycles. The fraction of sp³-hybridized carbons (Fsp3) is 0.286. The van der Waals surface area contributed by atoms with Crippen LogP contribution in [0.2, 0.25) is 0 Å². The van der Waals surface area contributed by atoms with Gasteiger partial charge >= 0.3 is 5.97 Å². The van der Waals surface area contributed by atoms with Crippen LogP contribution in [0, 0.1) is 6.92 Å². The van der Waals surface area contributed by atoms with Crippen molar-refractivity contribution < 1.29 is 9.53 Å². The molecule has 0 saturated carbocycles. The molecule has 0 unspecified atom stereocenters. The molecule has 4 aromatic rings. The molecule has 0 amide bonds. The van der Waals surface area contributed by atoms with Crippen LogP contribution in [-0.2, 0) is 24.1 Å². The molecule has 0 fully saturated rings. The molecular formula is C28H29N5O3. The average Bonchev–Trinajstić information content (AvgIpc) is 3.36. The van der Waals surface area contributed by atoms with Gasteiger partial charge in [0.15, 0.2) is 5.65 Å². The number of benzene rings is 2. The van der Waals surface area contributed by atoms with Gasteiger partial charge in [0, 0.05) is 37.4 Å². The molecule has 0 radical (unpaired) electrons. The zero-order valence-corrected chi connectivity index (χ0v) is 20.7. The van der Waals surface area contributed by atoms with Crippen molar-refractivity contribution in [2.75, 3.05) is 18.6 Å². The van der Waals surface area contributed by atoms with Crippen LogP contribution in [-0.4, -0.2) is 34.2 Å². The molecular weight excluding hydrogens is 454 g/mol. The lowest BCUT2D eigenvalue weighted by Gasteiger charge is -2.21. The minimum absolute atomic E-state index is 0.0391. The number of nitrogens with two attached hydrogens (primary N) is 1. The largest absolute Gasteiger partial charge is 0.462 e. The van der Waals surface area contributed by atoms with Crippen LogP contribution < -0.4 is 16.1 Å². The van der Waals surface area contributed by atoms with Gasteiger partial charge in [-0.25, -0.2) is 9.78 Å². The Bertz CT molecular complexity index is 1540. The normalized spacial score (nSPS) is 12.6. The van der Waals surface area contributed by atoms with E-state index < -0.39 is 11.4 Å². The summed E-state index contributed by atoms with van der Waals surface area (Å²) in [6, 6.07) is 12.2. The minimum Gasteiger partial charge on any atom is -0.462 e. The Morgan fingerprint density at radius 1 is 1.17 bits per heavy atom. The van der Waals surface area contributed by atoms with Gasteiger partial charge in [-0.05, 0) is 73.6 Å². The van der Waals surface area contributed by atoms with E-state index in [9.17, 15) is 9.59 Å². The number of ether oxygens (including phenoxy) is 1. The number of rotatable bonds is 6. The highest BCUT2D eigenvalue weighted by Crippen LogP contribution is 2.28. The van der Waals surface area contributed by atoms with Gasteiger partial charge in [-0.15, -0.1) is 0 Å². The summed E-state index contributed by atoms with van der Waals surface area (Å²) in [6.45, 7) is 4.37. The van der Waals surface area contributed by atoms with Crippen LogP contribution in [0.3, 0.4) is 0 Å². The third kappa shape index (κ3) is 4.13. The van der Waals surface area contributed by atoms with Crippen LogP contribution in [0.1, 0.15) is 46.0 Å². The number of esters is 1. The predicted octanol–water partition coefficient (Wildman–Crippen LogP) is 3.98. The van der Waals surface area contributed by atoms with E-state index in [1.54, 1.807) is 11.5 Å². The Balaban J connectivity index is 1.70. The highest BCUT2D eigenvalue weighted by Gasteiger charge is 2.21. The summed E-state index contributed by atoms with van der Waals surface area (Å²) >= 11 is 0. The number of carbonyl (C=O) groups is 1. The number of carbonyl (C=O) groups excluding carboxylic acids is 1. The van der Waals surface area contributed by atoms with E-state index in [1.165, 1.54) is 23.5 Å². The van der Waals surface area contributed by atoms with E-state index >= 15 is 0 Å². The SMILES string of the molecule is CCOC(=O)c1cn(-c2ccc3c(c2)CCC3)c2nc(N(C)c3ccc(CN)cc3C)ncc2c1=O. The number of hydrogen-bond donors (Lipinski definition) is 1. The van der Waals surface area contributed by atoms with Gasteiger partial charge in [0.1, 0.15) is 5.56 Å². The average molecular weight is 484 g/mol. The second kappa shape index (κ2) is 9.54. The van der Waals surface area contributed by atoms with Crippen molar-refractivity contribution in [3.05, 3.63) is 86.8 Å². The topological polar surface area (TPSA) is 103 Å². The van der Waals surface area contributed by atoms with Crippen LogP contribution in [0.15, 0.2) is 53.6 Å². The van der Waals surface area contributed by atoms with Gasteiger partial charge < -0.3 is 19.9 Å². The van der Waals surface area contributed by atoms with Crippen LogP contribution in [0.4, 0.5) is 11.6 Å². The number of hydrogen-bond acceptors (Lipinski definition) is 7. The van der Waals surface area contributed by atoms with Gasteiger partial charge in [-0.1, -0.05) is 18.2 Å². The maximum absolute atomic E-state index is 13.3. The first-order chi connectivity index (χ1) is 17.4. The van der Waals surface area contributed by atoms with Crippen molar-refractivity contribution in [2.45, 2.75) is 39.7 Å². The maximum Gasteiger partial charge on any atom is 0.343 e. The maximum atomic E-state index is 13.3. The molecule has 2 aromatic carbocycles. The van der Waals surface area contributed by atoms with Crippen molar-refractivity contribution in [3.8, 4) is 5.69 Å². The Morgan fingerprint density at radius 2 is 1.97 bits per heavy atom. The van der Waals surface area contributed by atoms with E-state index in [0.717, 1.165) is 41.8 Å². The summed E-state index contributed by atoms with van der Waals surface area (Å²) in [5.74, 6) is -0.222. The second-order valence-corrected chi connectivity index (χ2v) is 9.06. The van der Waals surface area contributed by atoms with Crippen molar-refractivity contribution in [1.29, 1.82) is 0 Å². The zero-order chi connectivity index (χ0) is 25.4. The molecule has 184 valence electrons. The second-order valence-electron chi connectivity index (χ2n) is 9.06. The first-order valence-electron chi connectivity index (χ1n) is 12.2. The number of anilines is 2. The van der Waals surface area contributed by atoms with Gasteiger partial charge in [0.25, 0.3) is 0 Å². The predicted molar refractivity (Wildman–Crippen MR) is 140 cm³/mol. The Hall–Kier alpha value is -4.04. The summed E-state index contributed by atoms with van der Waals surface area (Å²) in [4.78, 5) is 37.1. The Labute approximate surface area is 209 Å². The van der Waals surface area contributed by atoms with Gasteiger partial charge in [0.05, 0.1) is 12.0 Å². The number of aryl methyl sites for hydroxylation is 3. The molecule has 2 N–H and O–H groups in total. The molecule has 0 atom stereocenters. The number of aromatic nitrogens is 3. The van der Waals surface area contributed by atoms with E-state index in [2.05, 4.69) is 17.1 Å². The van der Waals surface area contributed by atoms with Gasteiger partial charge in [-0.3, -0.25) is 4.79 Å². The van der Waals surface area contributed by atoms with E-state index in [-0.39, 0.29) is 17.6 Å². The fourth-order valence-electron chi connectivity index (χ4n) is 4.85. The van der Waals surface area contributed by atoms with Gasteiger partial charge in [0.2, 0.25) is 11.4 Å². The molecule has 36 heavy (non-hydrogen) atoms. The summed E-state index contributed by atoms with van der Waals surface area (Å²) in [7, 11) is 1.89. The molecule has 5 rings (SSSR count). The lowest BCUT2D eigenvalue weighted by molar-refractivity contribution is 0.0524. The monoisotopic (exact) mass is 483 g/mol. The van der Waals surface area contributed by atoms with Gasteiger partial charge in [-0.2, -0.15) is 4.98 Å². The van der Waals surface area contributed by atoms with Crippen molar-refractivity contribution >= 4 is 28.6 Å². The fourth-order valence-corrected chi connectivity index (χ4v) is 4.85. The van der Waals surface area contributed by atoms with Crippen LogP contribution in [0.25, 0.3) is 16.7 Å². The molecule has 0 aliphatic heterocycles. The van der Waals surface area contributed by atoms with E-state index in [4.69, 9.17) is 15.5 Å². The molecule has 8 heteroatoms. The lowest BCUT2D eigenvalue weighted by Crippen LogP contribution is -2.22. The van der Waals surface area contributed by atoms with E-state index in [0.29, 0.717) is 18.1 Å². The summed E-state index contributed by atoms with van der Waals surface area (Å²) in [5.41, 5.74) is 12.2. The first kappa shape index (κ1) is 23.7. The third-order valence-corrected chi connectivity index (χ3v) is 6.75. The quantitative estimate of drug-likeness (QED) is 0.414. The number of nitrogens with zero attached hydrogens (tertiary/aromatic N) is 4. The molecule has 2 heterocycles. The molecule has 1 aliphatic rings. The highest BCUT2D eigenvalue weighted by atomic mass is 16.5. The smallest absolute Gasteiger partial charge is 0.343 e. The van der Waals surface area contributed by atoms with Crippen molar-refractivity contribution in [1.82, 2.24) is 14.5 Å². The molecule has 0 spiro atoms. The zero-order valence-electron chi connectivity index (χ0n) is 20.7. The molecule has 8 nitrogen and oxygen atoms in total. The van der Waals surface area contributed by atoms with Crippen LogP contribution >= 0.6 is 0 Å². The molecule has 1 aliphatic carbocycles. The van der Waals surface area contributed by atoms with Crippen molar-refractivity contribution in [2.24, 2.45) is 5.73 Å². The standard InChI is InChI=1S/C28H29N5O3/c1-4-36-27(35)23-16-33(21-10-9-19-6-5-7-20(19)13-21)26-22(25(23)34)15-30-28(31-26)32(3)24-11-8-18(14-29)12-17(24)2/h8-13,15-16H,4-7,14,29H2,1-3H3. The third-order valence-electron chi connectivity index (χ3n) is 6.75. The Morgan fingerprint density at radius 3 is 2.72 bits per heavy atom. The van der Waals surface area contributed by atoms with Crippen molar-refractivity contribution in [3.63, 3.8) is 0 Å². The molecule has 0 bridgehead atoms. The molecule has 0 saturated heterocycles. The number of fused-ring (bicyclic) bond motifs is 2. The van der Waals surface area contributed by atoms with Crippen LogP contribution in [0.5, 0.6) is 0 Å². The Kier molecular flexibility index (Phi) is 6.28.